The average molecular weight is 605 g/mol. The van der Waals surface area contributed by atoms with E-state index >= 15 is 0 Å². The van der Waals surface area contributed by atoms with Crippen LogP contribution in [0.2, 0.25) is 0 Å². The first-order valence-electron chi connectivity index (χ1n) is 18.0. The molecule has 0 aromatic heterocycles. The first-order valence-corrected chi connectivity index (χ1v) is 18.0. The highest BCUT2D eigenvalue weighted by molar-refractivity contribution is 5.70. The molecule has 5 heteroatoms. The molecular formula is C38H68O5. The second-order valence-corrected chi connectivity index (χ2v) is 12.0. The van der Waals surface area contributed by atoms with Gasteiger partial charge in [0.15, 0.2) is 6.10 Å². The minimum absolute atomic E-state index is 0.0897. The van der Waals surface area contributed by atoms with E-state index in [-0.39, 0.29) is 25.2 Å². The van der Waals surface area contributed by atoms with E-state index in [9.17, 15) is 14.7 Å². The Morgan fingerprint density at radius 2 is 0.953 bits per heavy atom. The van der Waals surface area contributed by atoms with Crippen molar-refractivity contribution in [1.82, 2.24) is 0 Å². The van der Waals surface area contributed by atoms with Gasteiger partial charge >= 0.3 is 11.9 Å². The summed E-state index contributed by atoms with van der Waals surface area (Å²) in [6, 6.07) is 0. The van der Waals surface area contributed by atoms with Gasteiger partial charge in [0.25, 0.3) is 0 Å². The molecule has 0 aliphatic heterocycles. The predicted octanol–water partition coefficient (Wildman–Crippen LogP) is 10.9. The number of aliphatic hydroxyl groups excluding tert-OH is 1. The zero-order valence-electron chi connectivity index (χ0n) is 28.2. The molecule has 0 unspecified atom stereocenters. The van der Waals surface area contributed by atoms with Gasteiger partial charge in [0.05, 0.1) is 6.61 Å². The van der Waals surface area contributed by atoms with Gasteiger partial charge in [-0.05, 0) is 44.9 Å². The van der Waals surface area contributed by atoms with Gasteiger partial charge in [-0.1, -0.05) is 153 Å². The van der Waals surface area contributed by atoms with Gasteiger partial charge in [-0.3, -0.25) is 9.59 Å². The highest BCUT2D eigenvalue weighted by Gasteiger charge is 2.16. The molecule has 0 rings (SSSR count). The second-order valence-electron chi connectivity index (χ2n) is 12.0. The van der Waals surface area contributed by atoms with Crippen molar-refractivity contribution in [2.45, 2.75) is 180 Å². The summed E-state index contributed by atoms with van der Waals surface area (Å²) in [6.45, 7) is 4.07. The molecule has 0 radical (unpaired) electrons. The van der Waals surface area contributed by atoms with Crippen LogP contribution in [0.25, 0.3) is 0 Å². The SMILES string of the molecule is CCCCCCCCC=CCC=CCC=CCCCC(=O)OC[C@H](CO)OC(=O)CCCCCCCCCCCCCC. The molecule has 0 saturated heterocycles. The smallest absolute Gasteiger partial charge is 0.306 e. The number of hydrogen-bond acceptors (Lipinski definition) is 5. The number of ether oxygens (including phenoxy) is 2. The van der Waals surface area contributed by atoms with Crippen LogP contribution in [-0.4, -0.2) is 36.4 Å². The summed E-state index contributed by atoms with van der Waals surface area (Å²) < 4.78 is 10.5. The first kappa shape index (κ1) is 41.1. The standard InChI is InChI=1S/C38H68O5/c1-3-5-7-9-11-13-15-17-18-19-20-21-23-24-26-28-30-32-37(40)42-35-36(34-39)43-38(41)33-31-29-27-25-22-16-14-12-10-8-6-4-2/h17-18,20-21,24,26,36,39H,3-16,19,22-23,25,27-35H2,1-2H3/t36-/m0/s1. The topological polar surface area (TPSA) is 72.8 Å². The maximum absolute atomic E-state index is 12.1. The first-order chi connectivity index (χ1) is 21.1. The van der Waals surface area contributed by atoms with Crippen molar-refractivity contribution in [3.8, 4) is 0 Å². The van der Waals surface area contributed by atoms with Crippen LogP contribution in [0.3, 0.4) is 0 Å². The third-order valence-electron chi connectivity index (χ3n) is 7.69. The summed E-state index contributed by atoms with van der Waals surface area (Å²) in [5, 5.41) is 9.51. The zero-order valence-corrected chi connectivity index (χ0v) is 28.2. The molecule has 0 aliphatic carbocycles. The minimum Gasteiger partial charge on any atom is -0.462 e. The van der Waals surface area contributed by atoms with Gasteiger partial charge in [-0.15, -0.1) is 0 Å². The average Bonchev–Trinajstić information content (AvgIpc) is 3.01. The number of unbranched alkanes of at least 4 members (excludes halogenated alkanes) is 18. The highest BCUT2D eigenvalue weighted by Crippen LogP contribution is 2.13. The Balaban J connectivity index is 3.66. The summed E-state index contributed by atoms with van der Waals surface area (Å²) in [7, 11) is 0. The van der Waals surface area contributed by atoms with E-state index in [1.807, 2.05) is 0 Å². The molecule has 0 saturated carbocycles. The fourth-order valence-corrected chi connectivity index (χ4v) is 4.92. The molecule has 250 valence electrons. The van der Waals surface area contributed by atoms with Crippen LogP contribution in [0.1, 0.15) is 174 Å². The van der Waals surface area contributed by atoms with Gasteiger partial charge < -0.3 is 14.6 Å². The van der Waals surface area contributed by atoms with Crippen molar-refractivity contribution in [2.75, 3.05) is 13.2 Å². The van der Waals surface area contributed by atoms with Gasteiger partial charge in [0, 0.05) is 12.8 Å². The van der Waals surface area contributed by atoms with Crippen LogP contribution in [0.5, 0.6) is 0 Å². The van der Waals surface area contributed by atoms with Crippen LogP contribution in [0.4, 0.5) is 0 Å². The molecule has 0 spiro atoms. The Labute approximate surface area is 266 Å². The van der Waals surface area contributed by atoms with E-state index < -0.39 is 6.10 Å². The van der Waals surface area contributed by atoms with Gasteiger partial charge in [0.1, 0.15) is 6.61 Å². The van der Waals surface area contributed by atoms with Crippen LogP contribution in [0.15, 0.2) is 36.5 Å². The monoisotopic (exact) mass is 605 g/mol. The maximum Gasteiger partial charge on any atom is 0.306 e. The van der Waals surface area contributed by atoms with Crippen LogP contribution >= 0.6 is 0 Å². The summed E-state index contributed by atoms with van der Waals surface area (Å²) in [6.07, 6.45) is 40.6. The molecule has 5 nitrogen and oxygen atoms in total. The molecule has 0 aromatic carbocycles. The summed E-state index contributed by atoms with van der Waals surface area (Å²) in [5.41, 5.74) is 0. The van der Waals surface area contributed by atoms with Crippen molar-refractivity contribution in [3.05, 3.63) is 36.5 Å². The van der Waals surface area contributed by atoms with Crippen molar-refractivity contribution in [1.29, 1.82) is 0 Å². The number of carbonyl (C=O) groups excluding carboxylic acids is 2. The normalized spacial score (nSPS) is 12.5. The van der Waals surface area contributed by atoms with Crippen molar-refractivity contribution in [3.63, 3.8) is 0 Å². The fourth-order valence-electron chi connectivity index (χ4n) is 4.92. The molecular weight excluding hydrogens is 536 g/mol. The second kappa shape index (κ2) is 34.6. The van der Waals surface area contributed by atoms with Crippen LogP contribution in [-0.2, 0) is 19.1 Å². The molecule has 0 bridgehead atoms. The molecule has 0 amide bonds. The van der Waals surface area contributed by atoms with Crippen LogP contribution in [0, 0.1) is 0 Å². The summed E-state index contributed by atoms with van der Waals surface area (Å²) >= 11 is 0. The lowest BCUT2D eigenvalue weighted by atomic mass is 10.0. The minimum atomic E-state index is -0.786. The third kappa shape index (κ3) is 32.9. The molecule has 43 heavy (non-hydrogen) atoms. The van der Waals surface area contributed by atoms with Crippen molar-refractivity contribution < 1.29 is 24.2 Å². The van der Waals surface area contributed by atoms with Gasteiger partial charge in [-0.2, -0.15) is 0 Å². The lowest BCUT2D eigenvalue weighted by Gasteiger charge is -2.15. The summed E-state index contributed by atoms with van der Waals surface area (Å²) in [4.78, 5) is 24.1. The van der Waals surface area contributed by atoms with Gasteiger partial charge in [-0.25, -0.2) is 0 Å². The number of rotatable bonds is 32. The van der Waals surface area contributed by atoms with E-state index in [1.54, 1.807) is 0 Å². The van der Waals surface area contributed by atoms with E-state index in [0.29, 0.717) is 19.3 Å². The zero-order chi connectivity index (χ0) is 31.5. The predicted molar refractivity (Wildman–Crippen MR) is 182 cm³/mol. The Bertz CT molecular complexity index is 696. The molecule has 0 fully saturated rings. The lowest BCUT2D eigenvalue weighted by Crippen LogP contribution is -2.28. The van der Waals surface area contributed by atoms with E-state index in [2.05, 4.69) is 50.3 Å². The third-order valence-corrected chi connectivity index (χ3v) is 7.69. The Morgan fingerprint density at radius 3 is 1.47 bits per heavy atom. The van der Waals surface area contributed by atoms with E-state index in [4.69, 9.17) is 9.47 Å². The molecule has 0 aliphatic rings. The molecule has 1 N–H and O–H groups in total. The van der Waals surface area contributed by atoms with Crippen molar-refractivity contribution in [2.24, 2.45) is 0 Å². The fraction of sp³-hybridized carbons (Fsp3) is 0.789. The largest absolute Gasteiger partial charge is 0.462 e. The molecule has 0 heterocycles. The van der Waals surface area contributed by atoms with E-state index in [1.165, 1.54) is 103 Å². The number of aliphatic hydroxyl groups is 1. The van der Waals surface area contributed by atoms with Crippen molar-refractivity contribution >= 4 is 11.9 Å². The maximum atomic E-state index is 12.1. The Hall–Kier alpha value is -1.88. The molecule has 1 atom stereocenters. The summed E-state index contributed by atoms with van der Waals surface area (Å²) in [5.74, 6) is -0.651. The Morgan fingerprint density at radius 1 is 0.535 bits per heavy atom. The number of carbonyl (C=O) groups is 2. The number of allylic oxidation sites excluding steroid dienone is 6. The highest BCUT2D eigenvalue weighted by atomic mass is 16.6. The van der Waals surface area contributed by atoms with Gasteiger partial charge in [0.2, 0.25) is 0 Å². The Kier molecular flexibility index (Phi) is 33.1. The molecule has 0 aromatic rings. The number of hydrogen-bond donors (Lipinski definition) is 1. The lowest BCUT2D eigenvalue weighted by molar-refractivity contribution is -0.161. The quantitative estimate of drug-likeness (QED) is 0.0470. The van der Waals surface area contributed by atoms with E-state index in [0.717, 1.165) is 38.5 Å². The van der Waals surface area contributed by atoms with Crippen LogP contribution < -0.4 is 0 Å². The number of esters is 2.